The molecule has 2 unspecified atom stereocenters. The van der Waals surface area contributed by atoms with Gasteiger partial charge >= 0.3 is 0 Å². The van der Waals surface area contributed by atoms with Gasteiger partial charge in [0.25, 0.3) is 0 Å². The highest BCUT2D eigenvalue weighted by Gasteiger charge is 2.37. The minimum absolute atomic E-state index is 0.0563. The van der Waals surface area contributed by atoms with Crippen molar-refractivity contribution in [3.63, 3.8) is 0 Å². The minimum Gasteiger partial charge on any atom is -0.413 e. The lowest BCUT2D eigenvalue weighted by Gasteiger charge is -2.37. The van der Waals surface area contributed by atoms with Crippen molar-refractivity contribution in [2.24, 2.45) is 5.92 Å². The fraction of sp³-hybridized carbons (Fsp3) is 0.526. The van der Waals surface area contributed by atoms with Crippen LogP contribution in [0.25, 0.3) is 0 Å². The summed E-state index contributed by atoms with van der Waals surface area (Å²) < 4.78 is 5.25. The van der Waals surface area contributed by atoms with Gasteiger partial charge in [-0.1, -0.05) is 24.2 Å². The van der Waals surface area contributed by atoms with E-state index in [2.05, 4.69) is 24.2 Å². The second-order valence-corrected chi connectivity index (χ2v) is 6.98. The smallest absolute Gasteiger partial charge is 0.136 e. The molecule has 0 radical (unpaired) electrons. The number of hydroxylamine groups is 2. The van der Waals surface area contributed by atoms with Gasteiger partial charge in [-0.05, 0) is 37.8 Å². The van der Waals surface area contributed by atoms with Gasteiger partial charge < -0.3 is 14.5 Å². The molecule has 1 aromatic rings. The van der Waals surface area contributed by atoms with E-state index in [1.54, 1.807) is 11.3 Å². The first-order valence-corrected chi connectivity index (χ1v) is 8.51. The van der Waals surface area contributed by atoms with E-state index in [0.29, 0.717) is 6.42 Å². The fourth-order valence-electron chi connectivity index (χ4n) is 3.49. The molecule has 0 bridgehead atoms. The minimum atomic E-state index is -0.801. The number of aliphatic hydroxyl groups is 1. The highest BCUT2D eigenvalue weighted by molar-refractivity contribution is 5.47. The molecule has 0 aromatic carbocycles. The van der Waals surface area contributed by atoms with E-state index in [-0.39, 0.29) is 5.92 Å². The Kier molecular flexibility index (Phi) is 4.65. The van der Waals surface area contributed by atoms with Crippen LogP contribution in [0.1, 0.15) is 38.1 Å². The molecule has 1 aliphatic heterocycles. The zero-order chi connectivity index (χ0) is 17.3. The molecule has 1 aliphatic carbocycles. The van der Waals surface area contributed by atoms with Gasteiger partial charge in [0.05, 0.1) is 17.8 Å². The summed E-state index contributed by atoms with van der Waals surface area (Å²) in [7, 11) is 1.91. The Labute approximate surface area is 143 Å². The Morgan fingerprint density at radius 2 is 2.21 bits per heavy atom. The second-order valence-electron chi connectivity index (χ2n) is 6.98. The molecule has 0 spiro atoms. The van der Waals surface area contributed by atoms with E-state index >= 15 is 0 Å². The maximum absolute atomic E-state index is 11.2. The molecule has 0 amide bonds. The van der Waals surface area contributed by atoms with Gasteiger partial charge in [-0.3, -0.25) is 0 Å². The van der Waals surface area contributed by atoms with Crippen LogP contribution >= 0.6 is 0 Å². The Hall–Kier alpha value is -1.85. The van der Waals surface area contributed by atoms with Gasteiger partial charge in [0.15, 0.2) is 0 Å². The average molecular weight is 330 g/mol. The molecule has 2 heterocycles. The number of likely N-dealkylation sites (N-methyl/N-ethyl adjacent to an activating group) is 1. The van der Waals surface area contributed by atoms with Crippen molar-refractivity contribution in [2.45, 2.75) is 45.6 Å². The molecular formula is C19H26N2O3. The van der Waals surface area contributed by atoms with Gasteiger partial charge in [-0.15, -0.1) is 5.06 Å². The van der Waals surface area contributed by atoms with Crippen LogP contribution in [0.5, 0.6) is 0 Å². The predicted octanol–water partition coefficient (Wildman–Crippen LogP) is 3.32. The lowest BCUT2D eigenvalue weighted by molar-refractivity contribution is -0.0495. The molecule has 2 aliphatic rings. The van der Waals surface area contributed by atoms with Crippen molar-refractivity contribution in [3.05, 3.63) is 52.7 Å². The summed E-state index contributed by atoms with van der Waals surface area (Å²) in [4.78, 5) is 5.38. The predicted molar refractivity (Wildman–Crippen MR) is 91.9 cm³/mol. The van der Waals surface area contributed by atoms with Crippen LogP contribution in [0.4, 0.5) is 0 Å². The Morgan fingerprint density at radius 3 is 2.79 bits per heavy atom. The Balaban J connectivity index is 1.65. The van der Waals surface area contributed by atoms with E-state index in [4.69, 9.17) is 9.36 Å². The average Bonchev–Trinajstić information content (AvgIpc) is 3.13. The van der Waals surface area contributed by atoms with Crippen LogP contribution in [0, 0.1) is 12.8 Å². The summed E-state index contributed by atoms with van der Waals surface area (Å²) in [6.45, 7) is 6.78. The van der Waals surface area contributed by atoms with E-state index in [1.165, 1.54) is 0 Å². The monoisotopic (exact) mass is 330 g/mol. The molecule has 24 heavy (non-hydrogen) atoms. The maximum atomic E-state index is 11.2. The van der Waals surface area contributed by atoms with Gasteiger partial charge in [0, 0.05) is 31.0 Å². The van der Waals surface area contributed by atoms with Gasteiger partial charge in [-0.2, -0.15) is 0 Å². The standard InChI is InChI=1S/C19H26N2O3/c1-13-8-16(17-11-21(4)23-12-17)9-14(2)19(13,22)7-5-6-18-10-15(3)20-24-18/h8-10,12-13,22H,5-7,11H2,1-4H3. The first-order valence-electron chi connectivity index (χ1n) is 8.51. The first-order chi connectivity index (χ1) is 11.4. The number of aryl methyl sites for hydroxylation is 2. The molecule has 1 aromatic heterocycles. The second kappa shape index (κ2) is 6.57. The van der Waals surface area contributed by atoms with E-state index in [0.717, 1.165) is 47.6 Å². The quantitative estimate of drug-likeness (QED) is 0.897. The molecule has 5 nitrogen and oxygen atoms in total. The van der Waals surface area contributed by atoms with Crippen LogP contribution in [-0.4, -0.2) is 34.5 Å². The number of nitrogens with zero attached hydrogens (tertiary/aromatic N) is 2. The van der Waals surface area contributed by atoms with Crippen molar-refractivity contribution < 1.29 is 14.5 Å². The summed E-state index contributed by atoms with van der Waals surface area (Å²) in [5, 5.41) is 16.9. The van der Waals surface area contributed by atoms with Crippen LogP contribution in [0.15, 0.2) is 45.7 Å². The van der Waals surface area contributed by atoms with E-state index in [9.17, 15) is 5.11 Å². The molecule has 0 saturated carbocycles. The lowest BCUT2D eigenvalue weighted by Crippen LogP contribution is -2.39. The van der Waals surface area contributed by atoms with Crippen LogP contribution in [-0.2, 0) is 11.3 Å². The zero-order valence-corrected chi connectivity index (χ0v) is 14.9. The SMILES string of the molecule is CC1=CC(C2=CON(C)C2)=CC(C)C1(O)CCCc1cc(C)no1. The number of aromatic nitrogens is 1. The van der Waals surface area contributed by atoms with E-state index in [1.807, 2.05) is 27.0 Å². The maximum Gasteiger partial charge on any atom is 0.136 e. The van der Waals surface area contributed by atoms with Crippen molar-refractivity contribution in [3.8, 4) is 0 Å². The molecule has 5 heteroatoms. The third-order valence-electron chi connectivity index (χ3n) is 5.03. The van der Waals surface area contributed by atoms with Crippen molar-refractivity contribution >= 4 is 0 Å². The third-order valence-corrected chi connectivity index (χ3v) is 5.03. The Morgan fingerprint density at radius 1 is 1.42 bits per heavy atom. The lowest BCUT2D eigenvalue weighted by atomic mass is 9.73. The van der Waals surface area contributed by atoms with Crippen molar-refractivity contribution in [2.75, 3.05) is 13.6 Å². The fourth-order valence-corrected chi connectivity index (χ4v) is 3.49. The summed E-state index contributed by atoms with van der Waals surface area (Å²) >= 11 is 0. The normalized spacial score (nSPS) is 27.5. The van der Waals surface area contributed by atoms with Crippen LogP contribution < -0.4 is 0 Å². The van der Waals surface area contributed by atoms with Crippen molar-refractivity contribution in [1.29, 1.82) is 0 Å². The molecular weight excluding hydrogens is 304 g/mol. The third kappa shape index (κ3) is 3.32. The summed E-state index contributed by atoms with van der Waals surface area (Å²) in [6, 6.07) is 1.96. The summed E-state index contributed by atoms with van der Waals surface area (Å²) in [6.07, 6.45) is 8.39. The molecule has 0 saturated heterocycles. The molecule has 2 atom stereocenters. The zero-order valence-electron chi connectivity index (χ0n) is 14.9. The van der Waals surface area contributed by atoms with Crippen molar-refractivity contribution in [1.82, 2.24) is 10.2 Å². The number of allylic oxidation sites excluding steroid dienone is 1. The molecule has 1 N–H and O–H groups in total. The molecule has 3 rings (SSSR count). The van der Waals surface area contributed by atoms with Crippen LogP contribution in [0.3, 0.4) is 0 Å². The number of rotatable bonds is 5. The van der Waals surface area contributed by atoms with Gasteiger partial charge in [0.2, 0.25) is 0 Å². The number of hydrogen-bond acceptors (Lipinski definition) is 5. The summed E-state index contributed by atoms with van der Waals surface area (Å²) in [5.41, 5.74) is 3.42. The highest BCUT2D eigenvalue weighted by atomic mass is 16.7. The Bertz CT molecular complexity index is 701. The first kappa shape index (κ1) is 17.0. The molecule has 130 valence electrons. The topological polar surface area (TPSA) is 58.7 Å². The summed E-state index contributed by atoms with van der Waals surface area (Å²) in [5.74, 6) is 0.939. The van der Waals surface area contributed by atoms with E-state index < -0.39 is 5.60 Å². The largest absolute Gasteiger partial charge is 0.413 e. The highest BCUT2D eigenvalue weighted by Crippen LogP contribution is 2.39. The van der Waals surface area contributed by atoms with Gasteiger partial charge in [-0.25, -0.2) is 0 Å². The number of hydrogen-bond donors (Lipinski definition) is 1. The van der Waals surface area contributed by atoms with Crippen LogP contribution in [0.2, 0.25) is 0 Å². The van der Waals surface area contributed by atoms with Gasteiger partial charge in [0.1, 0.15) is 12.0 Å². The molecule has 0 fully saturated rings.